The molecule has 0 aliphatic carbocycles. The molecule has 222 valence electrons. The normalized spacial score (nSPS) is 13.4. The number of fused-ring (bicyclic) bond motifs is 5. The number of aromatic nitrogens is 2. The zero-order chi connectivity index (χ0) is 33.5. The molecule has 0 aliphatic heterocycles. The highest BCUT2D eigenvalue weighted by Gasteiger charge is 2.26. The number of hydrogen-bond acceptors (Lipinski definition) is 3. The third kappa shape index (κ3) is 4.23. The number of para-hydroxylation sites is 4. The molecule has 8 aromatic rings. The Morgan fingerprint density at radius 1 is 0.711 bits per heavy atom. The molecule has 5 aromatic carbocycles. The highest BCUT2D eigenvalue weighted by Crippen LogP contribution is 2.43. The second-order valence-electron chi connectivity index (χ2n) is 12.6. The smallest absolute Gasteiger partial charge is 0.149 e. The molecule has 0 N–H and O–H groups in total. The van der Waals surface area contributed by atoms with Crippen LogP contribution >= 0.6 is 0 Å². The Hall–Kier alpha value is -5.09. The van der Waals surface area contributed by atoms with Crippen molar-refractivity contribution in [2.24, 2.45) is 0 Å². The Labute approximate surface area is 267 Å². The molecular weight excluding hydrogens is 552 g/mol. The minimum absolute atomic E-state index is 0.191. The SMILES string of the molecule is [2H]C([2H])([2H])c1ccc2c(c1)oc1c(-c3nc4ccccc4n3-c3c(C(C)C)cc(-c4oc5ccccc5c4C)cc3C(C)C)cccc12. The molecule has 3 heterocycles. The van der Waals surface area contributed by atoms with Gasteiger partial charge in [-0.3, -0.25) is 4.57 Å². The molecule has 0 radical (unpaired) electrons. The van der Waals surface area contributed by atoms with Crippen molar-refractivity contribution < 1.29 is 12.9 Å². The van der Waals surface area contributed by atoms with Crippen LogP contribution in [-0.4, -0.2) is 9.55 Å². The lowest BCUT2D eigenvalue weighted by molar-refractivity contribution is 0.628. The molecule has 0 bridgehead atoms. The first-order valence-electron chi connectivity index (χ1n) is 17.1. The minimum Gasteiger partial charge on any atom is -0.456 e. The van der Waals surface area contributed by atoms with Gasteiger partial charge in [0.25, 0.3) is 0 Å². The van der Waals surface area contributed by atoms with Crippen LogP contribution in [0.25, 0.3) is 72.3 Å². The molecule has 4 heteroatoms. The van der Waals surface area contributed by atoms with Crippen molar-refractivity contribution in [3.05, 3.63) is 119 Å². The van der Waals surface area contributed by atoms with E-state index in [9.17, 15) is 0 Å². The summed E-state index contributed by atoms with van der Waals surface area (Å²) in [6.45, 7) is 8.85. The Bertz CT molecular complexity index is 2500. The quantitative estimate of drug-likeness (QED) is 0.200. The third-order valence-corrected chi connectivity index (χ3v) is 9.04. The summed E-state index contributed by atoms with van der Waals surface area (Å²) in [5.74, 6) is 2.05. The summed E-state index contributed by atoms with van der Waals surface area (Å²) in [4.78, 5) is 5.26. The zero-order valence-corrected chi connectivity index (χ0v) is 26.1. The molecule has 3 aromatic heterocycles. The van der Waals surface area contributed by atoms with E-state index < -0.39 is 6.85 Å². The van der Waals surface area contributed by atoms with E-state index in [0.29, 0.717) is 11.2 Å². The van der Waals surface area contributed by atoms with Crippen LogP contribution in [0.4, 0.5) is 0 Å². The average molecular weight is 592 g/mol. The highest BCUT2D eigenvalue weighted by molar-refractivity contribution is 6.09. The number of imidazole rings is 1. The summed E-state index contributed by atoms with van der Waals surface area (Å²) in [6.07, 6.45) is 0. The highest BCUT2D eigenvalue weighted by atomic mass is 16.3. The molecule has 0 fully saturated rings. The van der Waals surface area contributed by atoms with E-state index in [0.717, 1.165) is 66.7 Å². The summed E-state index contributed by atoms with van der Waals surface area (Å²) < 4.78 is 39.1. The lowest BCUT2D eigenvalue weighted by atomic mass is 9.88. The van der Waals surface area contributed by atoms with Crippen molar-refractivity contribution in [1.29, 1.82) is 0 Å². The van der Waals surface area contributed by atoms with Gasteiger partial charge in [-0.05, 0) is 84.8 Å². The number of hydrogen-bond donors (Lipinski definition) is 0. The van der Waals surface area contributed by atoms with E-state index in [-0.39, 0.29) is 17.4 Å². The van der Waals surface area contributed by atoms with Gasteiger partial charge in [0.05, 0.1) is 22.3 Å². The lowest BCUT2D eigenvalue weighted by Crippen LogP contribution is -2.09. The number of rotatable bonds is 5. The summed E-state index contributed by atoms with van der Waals surface area (Å²) in [6, 6.07) is 32.3. The summed E-state index contributed by atoms with van der Waals surface area (Å²) >= 11 is 0. The van der Waals surface area contributed by atoms with Gasteiger partial charge in [0.1, 0.15) is 28.3 Å². The second kappa shape index (κ2) is 10.2. The van der Waals surface area contributed by atoms with Gasteiger partial charge in [0, 0.05) is 31.4 Å². The van der Waals surface area contributed by atoms with Gasteiger partial charge >= 0.3 is 0 Å². The lowest BCUT2D eigenvalue weighted by Gasteiger charge is -2.24. The summed E-state index contributed by atoms with van der Waals surface area (Å²) in [7, 11) is 0. The van der Waals surface area contributed by atoms with Gasteiger partial charge in [-0.25, -0.2) is 4.98 Å². The van der Waals surface area contributed by atoms with Gasteiger partial charge in [-0.2, -0.15) is 0 Å². The molecule has 0 saturated heterocycles. The van der Waals surface area contributed by atoms with Crippen molar-refractivity contribution >= 4 is 43.9 Å². The fraction of sp³-hybridized carbons (Fsp3) is 0.195. The molecule has 0 atom stereocenters. The van der Waals surface area contributed by atoms with Crippen LogP contribution in [0.5, 0.6) is 0 Å². The second-order valence-corrected chi connectivity index (χ2v) is 12.6. The predicted molar refractivity (Wildman–Crippen MR) is 187 cm³/mol. The van der Waals surface area contributed by atoms with Crippen molar-refractivity contribution in [3.63, 3.8) is 0 Å². The predicted octanol–water partition coefficient (Wildman–Crippen LogP) is 11.9. The average Bonchev–Trinajstić information content (AvgIpc) is 3.74. The first kappa shape index (κ1) is 24.3. The standard InChI is InChI=1S/C41H36N2O2/c1-23(2)32-21-27(39-26(6)28-12-7-10-17-36(28)44-39)22-33(24(3)4)38(32)43-35-16-9-8-15-34(35)42-41(43)31-14-11-13-30-29-19-18-25(5)20-37(29)45-40(30)31/h7-24H,1-6H3/i5D3. The van der Waals surface area contributed by atoms with Crippen molar-refractivity contribution in [2.75, 3.05) is 0 Å². The Kier molecular flexibility index (Phi) is 5.52. The van der Waals surface area contributed by atoms with Gasteiger partial charge in [0.15, 0.2) is 0 Å². The van der Waals surface area contributed by atoms with Crippen LogP contribution in [0.3, 0.4) is 0 Å². The maximum absolute atomic E-state index is 7.94. The van der Waals surface area contributed by atoms with Gasteiger partial charge in [-0.1, -0.05) is 82.3 Å². The third-order valence-electron chi connectivity index (χ3n) is 9.04. The van der Waals surface area contributed by atoms with E-state index >= 15 is 0 Å². The largest absolute Gasteiger partial charge is 0.456 e. The molecule has 8 rings (SSSR count). The van der Waals surface area contributed by atoms with E-state index in [1.807, 2.05) is 48.5 Å². The van der Waals surface area contributed by atoms with Crippen molar-refractivity contribution in [1.82, 2.24) is 9.55 Å². The summed E-state index contributed by atoms with van der Waals surface area (Å²) in [5, 5.41) is 2.92. The number of benzene rings is 5. The Morgan fingerprint density at radius 2 is 1.44 bits per heavy atom. The van der Waals surface area contributed by atoms with Gasteiger partial charge in [-0.15, -0.1) is 0 Å². The van der Waals surface area contributed by atoms with Crippen LogP contribution in [0.2, 0.25) is 0 Å². The molecule has 0 spiro atoms. The van der Waals surface area contributed by atoms with Crippen LogP contribution in [0, 0.1) is 13.8 Å². The fourth-order valence-corrected chi connectivity index (χ4v) is 6.81. The maximum atomic E-state index is 7.94. The van der Waals surface area contributed by atoms with Crippen molar-refractivity contribution in [3.8, 4) is 28.4 Å². The molecule has 45 heavy (non-hydrogen) atoms. The Balaban J connectivity index is 1.43. The van der Waals surface area contributed by atoms with E-state index in [4.69, 9.17) is 17.9 Å². The van der Waals surface area contributed by atoms with Crippen LogP contribution in [-0.2, 0) is 0 Å². The van der Waals surface area contributed by atoms with Crippen LogP contribution in [0.15, 0.2) is 106 Å². The van der Waals surface area contributed by atoms with Crippen LogP contribution < -0.4 is 0 Å². The van der Waals surface area contributed by atoms with Gasteiger partial charge in [0.2, 0.25) is 0 Å². The molecular formula is C41H36N2O2. The first-order chi connectivity index (χ1) is 23.0. The zero-order valence-electron chi connectivity index (χ0n) is 29.1. The van der Waals surface area contributed by atoms with Crippen molar-refractivity contribution in [2.45, 2.75) is 53.3 Å². The molecule has 4 nitrogen and oxygen atoms in total. The molecule has 0 saturated carbocycles. The topological polar surface area (TPSA) is 44.1 Å². The molecule has 0 aliphatic rings. The first-order valence-corrected chi connectivity index (χ1v) is 15.6. The van der Waals surface area contributed by atoms with E-state index in [2.05, 4.69) is 75.6 Å². The summed E-state index contributed by atoms with van der Waals surface area (Å²) in [5.41, 5.74) is 10.8. The Morgan fingerprint density at radius 3 is 2.20 bits per heavy atom. The molecule has 0 amide bonds. The van der Waals surface area contributed by atoms with Crippen LogP contribution in [0.1, 0.15) is 65.9 Å². The maximum Gasteiger partial charge on any atom is 0.149 e. The number of furan rings is 2. The van der Waals surface area contributed by atoms with E-state index in [1.54, 1.807) is 12.1 Å². The number of aryl methyl sites for hydroxylation is 2. The van der Waals surface area contributed by atoms with E-state index in [1.165, 1.54) is 11.1 Å². The monoisotopic (exact) mass is 591 g/mol. The molecule has 0 unspecified atom stereocenters. The number of nitrogens with zero attached hydrogens (tertiary/aromatic N) is 2. The van der Waals surface area contributed by atoms with Gasteiger partial charge < -0.3 is 8.83 Å². The fourth-order valence-electron chi connectivity index (χ4n) is 6.81. The minimum atomic E-state index is -2.22.